The van der Waals surface area contributed by atoms with E-state index >= 15 is 0 Å². The average molecular weight is 196 g/mol. The third kappa shape index (κ3) is 2.29. The van der Waals surface area contributed by atoms with Crippen molar-refractivity contribution in [3.05, 3.63) is 0 Å². The summed E-state index contributed by atoms with van der Waals surface area (Å²) >= 11 is 0. The Morgan fingerprint density at radius 1 is 1.00 bits per heavy atom. The van der Waals surface area contributed by atoms with Gasteiger partial charge < -0.3 is 11.1 Å². The highest BCUT2D eigenvalue weighted by molar-refractivity contribution is 4.88. The number of fused-ring (bicyclic) bond motifs is 1. The zero-order valence-corrected chi connectivity index (χ0v) is 9.17. The molecule has 0 aliphatic heterocycles. The van der Waals surface area contributed by atoms with Crippen molar-refractivity contribution in [2.75, 3.05) is 13.1 Å². The first-order chi connectivity index (χ1) is 6.92. The predicted octanol–water partition coefficient (Wildman–Crippen LogP) is 1.89. The Hall–Kier alpha value is -0.0800. The molecule has 3 N–H and O–H groups in total. The zero-order chi connectivity index (χ0) is 9.80. The molecule has 2 saturated carbocycles. The summed E-state index contributed by atoms with van der Waals surface area (Å²) in [6.45, 7) is 1.79. The summed E-state index contributed by atoms with van der Waals surface area (Å²) in [5.41, 5.74) is 5.55. The number of nitrogens with two attached hydrogens (primary N) is 1. The molecule has 2 heteroatoms. The molecule has 0 radical (unpaired) electrons. The van der Waals surface area contributed by atoms with E-state index in [0.717, 1.165) is 31.0 Å². The van der Waals surface area contributed by atoms with Crippen LogP contribution < -0.4 is 11.1 Å². The summed E-state index contributed by atoms with van der Waals surface area (Å²) in [6.07, 6.45) is 10.2. The minimum atomic E-state index is 0.786. The Morgan fingerprint density at radius 2 is 1.79 bits per heavy atom. The van der Waals surface area contributed by atoms with Crippen molar-refractivity contribution < 1.29 is 0 Å². The molecule has 2 rings (SSSR count). The van der Waals surface area contributed by atoms with Crippen LogP contribution in [0, 0.1) is 11.8 Å². The molecule has 2 fully saturated rings. The molecule has 0 aromatic rings. The van der Waals surface area contributed by atoms with Crippen LogP contribution in [0.3, 0.4) is 0 Å². The van der Waals surface area contributed by atoms with Crippen LogP contribution >= 0.6 is 0 Å². The third-order valence-corrected chi connectivity index (χ3v) is 4.13. The number of hydrogen-bond donors (Lipinski definition) is 2. The largest absolute Gasteiger partial charge is 0.329 e. The first-order valence-electron chi connectivity index (χ1n) is 6.35. The van der Waals surface area contributed by atoms with E-state index in [9.17, 15) is 0 Å². The molecule has 0 aromatic heterocycles. The quantitative estimate of drug-likeness (QED) is 0.723. The summed E-state index contributed by atoms with van der Waals surface area (Å²) in [7, 11) is 0. The van der Waals surface area contributed by atoms with Gasteiger partial charge in [-0.15, -0.1) is 0 Å². The molecule has 0 spiro atoms. The molecule has 0 aromatic carbocycles. The lowest BCUT2D eigenvalue weighted by atomic mass is 9.68. The fraction of sp³-hybridized carbons (Fsp3) is 1.00. The van der Waals surface area contributed by atoms with E-state index in [1.165, 1.54) is 44.9 Å². The van der Waals surface area contributed by atoms with Gasteiger partial charge in [0.1, 0.15) is 0 Å². The Bertz CT molecular complexity index is 168. The first-order valence-corrected chi connectivity index (χ1v) is 6.35. The molecule has 0 amide bonds. The van der Waals surface area contributed by atoms with Crippen LogP contribution in [0.4, 0.5) is 0 Å². The summed E-state index contributed by atoms with van der Waals surface area (Å²) < 4.78 is 0. The van der Waals surface area contributed by atoms with Crippen molar-refractivity contribution in [1.29, 1.82) is 0 Å². The normalized spacial score (nSPS) is 37.9. The lowest BCUT2D eigenvalue weighted by Gasteiger charge is -2.41. The zero-order valence-electron chi connectivity index (χ0n) is 9.17. The van der Waals surface area contributed by atoms with E-state index in [1.54, 1.807) is 0 Å². The monoisotopic (exact) mass is 196 g/mol. The highest BCUT2D eigenvalue weighted by atomic mass is 14.9. The molecule has 2 nitrogen and oxygen atoms in total. The molecule has 2 aliphatic rings. The summed E-state index contributed by atoms with van der Waals surface area (Å²) in [6, 6.07) is 0.789. The van der Waals surface area contributed by atoms with Gasteiger partial charge in [-0.1, -0.05) is 32.1 Å². The molecule has 14 heavy (non-hydrogen) atoms. The summed E-state index contributed by atoms with van der Waals surface area (Å²) in [4.78, 5) is 0. The van der Waals surface area contributed by atoms with E-state index in [-0.39, 0.29) is 0 Å². The summed E-state index contributed by atoms with van der Waals surface area (Å²) in [5.74, 6) is 2.01. The van der Waals surface area contributed by atoms with E-state index in [0.29, 0.717) is 0 Å². The SMILES string of the molecule is NCCNC1CCCC2CCCCC21. The Kier molecular flexibility index (Phi) is 3.82. The molecule has 82 valence electrons. The van der Waals surface area contributed by atoms with Crippen LogP contribution in [-0.2, 0) is 0 Å². The molecular weight excluding hydrogens is 172 g/mol. The van der Waals surface area contributed by atoms with Crippen LogP contribution in [0.2, 0.25) is 0 Å². The molecular formula is C12H24N2. The Labute approximate surface area is 87.6 Å². The van der Waals surface area contributed by atoms with Crippen molar-refractivity contribution in [3.63, 3.8) is 0 Å². The van der Waals surface area contributed by atoms with E-state index < -0.39 is 0 Å². The molecule has 0 saturated heterocycles. The minimum absolute atomic E-state index is 0.786. The van der Waals surface area contributed by atoms with Crippen LogP contribution in [0.15, 0.2) is 0 Å². The second-order valence-corrected chi connectivity index (χ2v) is 4.99. The van der Waals surface area contributed by atoms with Gasteiger partial charge in [0.25, 0.3) is 0 Å². The van der Waals surface area contributed by atoms with Gasteiger partial charge in [-0.3, -0.25) is 0 Å². The van der Waals surface area contributed by atoms with Crippen molar-refractivity contribution in [1.82, 2.24) is 5.32 Å². The van der Waals surface area contributed by atoms with E-state index in [2.05, 4.69) is 5.32 Å². The lowest BCUT2D eigenvalue weighted by molar-refractivity contribution is 0.127. The van der Waals surface area contributed by atoms with Gasteiger partial charge in [-0.25, -0.2) is 0 Å². The fourth-order valence-electron chi connectivity index (χ4n) is 3.46. The van der Waals surface area contributed by atoms with Crippen molar-refractivity contribution in [3.8, 4) is 0 Å². The summed E-state index contributed by atoms with van der Waals surface area (Å²) in [5, 5.41) is 3.65. The van der Waals surface area contributed by atoms with Crippen molar-refractivity contribution in [2.24, 2.45) is 17.6 Å². The lowest BCUT2D eigenvalue weighted by Crippen LogP contribution is -2.45. The standard InChI is InChI=1S/C12H24N2/c13-8-9-14-12-7-3-5-10-4-1-2-6-11(10)12/h10-12,14H,1-9,13H2. The molecule has 2 aliphatic carbocycles. The fourth-order valence-corrected chi connectivity index (χ4v) is 3.46. The molecule has 3 atom stereocenters. The second-order valence-electron chi connectivity index (χ2n) is 4.99. The van der Waals surface area contributed by atoms with Crippen molar-refractivity contribution >= 4 is 0 Å². The first kappa shape index (κ1) is 10.4. The van der Waals surface area contributed by atoms with E-state index in [4.69, 9.17) is 5.73 Å². The second kappa shape index (κ2) is 5.13. The van der Waals surface area contributed by atoms with Gasteiger partial charge in [0.2, 0.25) is 0 Å². The third-order valence-electron chi connectivity index (χ3n) is 4.13. The molecule has 3 unspecified atom stereocenters. The Morgan fingerprint density at radius 3 is 2.64 bits per heavy atom. The Balaban J connectivity index is 1.88. The van der Waals surface area contributed by atoms with Gasteiger partial charge in [0, 0.05) is 19.1 Å². The van der Waals surface area contributed by atoms with E-state index in [1.807, 2.05) is 0 Å². The maximum atomic E-state index is 5.55. The molecule has 0 heterocycles. The number of rotatable bonds is 3. The van der Waals surface area contributed by atoms with Gasteiger partial charge in [-0.2, -0.15) is 0 Å². The van der Waals surface area contributed by atoms with Gasteiger partial charge >= 0.3 is 0 Å². The van der Waals surface area contributed by atoms with Crippen LogP contribution in [0.25, 0.3) is 0 Å². The highest BCUT2D eigenvalue weighted by Crippen LogP contribution is 2.40. The minimum Gasteiger partial charge on any atom is -0.329 e. The predicted molar refractivity (Wildman–Crippen MR) is 60.1 cm³/mol. The maximum absolute atomic E-state index is 5.55. The van der Waals surface area contributed by atoms with Crippen molar-refractivity contribution in [2.45, 2.75) is 51.0 Å². The highest BCUT2D eigenvalue weighted by Gasteiger charge is 2.34. The maximum Gasteiger partial charge on any atom is 0.00985 e. The number of hydrogen-bond acceptors (Lipinski definition) is 2. The van der Waals surface area contributed by atoms with Gasteiger partial charge in [0.05, 0.1) is 0 Å². The topological polar surface area (TPSA) is 38.0 Å². The smallest absolute Gasteiger partial charge is 0.00985 e. The van der Waals surface area contributed by atoms with Gasteiger partial charge in [0.15, 0.2) is 0 Å². The number of nitrogens with one attached hydrogen (secondary N) is 1. The van der Waals surface area contributed by atoms with Crippen LogP contribution in [0.1, 0.15) is 44.9 Å². The van der Waals surface area contributed by atoms with Gasteiger partial charge in [-0.05, 0) is 24.7 Å². The molecule has 0 bridgehead atoms. The average Bonchev–Trinajstić information content (AvgIpc) is 2.26. The van der Waals surface area contributed by atoms with Crippen LogP contribution in [0.5, 0.6) is 0 Å². The van der Waals surface area contributed by atoms with Crippen LogP contribution in [-0.4, -0.2) is 19.1 Å².